The van der Waals surface area contributed by atoms with E-state index in [2.05, 4.69) is 97.1 Å². The summed E-state index contributed by atoms with van der Waals surface area (Å²) in [4.78, 5) is 10.3. The molecule has 0 atom stereocenters. The molecule has 8 aromatic rings. The molecule has 0 radical (unpaired) electrons. The molecule has 182 valence electrons. The summed E-state index contributed by atoms with van der Waals surface area (Å²) in [6, 6.07) is 46.1. The first kappa shape index (κ1) is 21.8. The second kappa shape index (κ2) is 8.64. The fourth-order valence-electron chi connectivity index (χ4n) is 5.54. The predicted octanol–water partition coefficient (Wildman–Crippen LogP) is 9.68. The minimum atomic E-state index is 0.888. The molecule has 8 rings (SSSR count). The number of fused-ring (bicyclic) bond motifs is 6. The molecule has 0 saturated carbocycles. The molecule has 0 spiro atoms. The predicted molar refractivity (Wildman–Crippen MR) is 161 cm³/mol. The monoisotopic (exact) mass is 498 g/mol. The molecule has 0 aliphatic carbocycles. The van der Waals surface area contributed by atoms with Crippen LogP contribution in [0.15, 0.2) is 138 Å². The first-order chi connectivity index (χ1) is 19.3. The SMILES string of the molecule is c1ccc(-c2ccc3ccc4ccc(-c5ccccc5-c5ccc6c(c5)oc5ccccc56)nc4c3n2)cc1. The van der Waals surface area contributed by atoms with Crippen molar-refractivity contribution < 1.29 is 4.42 Å². The number of aromatic nitrogens is 2. The third-order valence-electron chi connectivity index (χ3n) is 7.48. The minimum Gasteiger partial charge on any atom is -0.456 e. The van der Waals surface area contributed by atoms with E-state index >= 15 is 0 Å². The van der Waals surface area contributed by atoms with E-state index in [-0.39, 0.29) is 0 Å². The van der Waals surface area contributed by atoms with Gasteiger partial charge in [-0.1, -0.05) is 103 Å². The van der Waals surface area contributed by atoms with Crippen molar-refractivity contribution in [3.05, 3.63) is 133 Å². The van der Waals surface area contributed by atoms with E-state index in [4.69, 9.17) is 14.4 Å². The lowest BCUT2D eigenvalue weighted by atomic mass is 9.96. The van der Waals surface area contributed by atoms with Crippen molar-refractivity contribution >= 4 is 43.7 Å². The molecule has 39 heavy (non-hydrogen) atoms. The third kappa shape index (κ3) is 3.59. The van der Waals surface area contributed by atoms with E-state index in [9.17, 15) is 0 Å². The molecular formula is C36H22N2O. The van der Waals surface area contributed by atoms with E-state index in [1.54, 1.807) is 0 Å². The van der Waals surface area contributed by atoms with E-state index in [1.807, 2.05) is 36.4 Å². The van der Waals surface area contributed by atoms with Gasteiger partial charge < -0.3 is 4.42 Å². The van der Waals surface area contributed by atoms with E-state index in [0.29, 0.717) is 0 Å². The summed E-state index contributed by atoms with van der Waals surface area (Å²) >= 11 is 0. The summed E-state index contributed by atoms with van der Waals surface area (Å²) in [7, 11) is 0. The van der Waals surface area contributed by atoms with Gasteiger partial charge in [0, 0.05) is 32.7 Å². The van der Waals surface area contributed by atoms with Gasteiger partial charge in [0.1, 0.15) is 11.2 Å². The fraction of sp³-hybridized carbons (Fsp3) is 0. The largest absolute Gasteiger partial charge is 0.456 e. The van der Waals surface area contributed by atoms with Gasteiger partial charge in [0.25, 0.3) is 0 Å². The van der Waals surface area contributed by atoms with Crippen molar-refractivity contribution in [2.24, 2.45) is 0 Å². The first-order valence-electron chi connectivity index (χ1n) is 13.1. The Bertz CT molecular complexity index is 2180. The molecular weight excluding hydrogens is 476 g/mol. The molecule has 3 heterocycles. The van der Waals surface area contributed by atoms with Crippen LogP contribution in [0.3, 0.4) is 0 Å². The Morgan fingerprint density at radius 2 is 1.03 bits per heavy atom. The molecule has 0 N–H and O–H groups in total. The topological polar surface area (TPSA) is 38.9 Å². The molecule has 0 aliphatic heterocycles. The Hall–Kier alpha value is -5.28. The lowest BCUT2D eigenvalue weighted by Gasteiger charge is -2.11. The van der Waals surface area contributed by atoms with E-state index < -0.39 is 0 Å². The normalized spacial score (nSPS) is 11.6. The molecule has 0 saturated heterocycles. The van der Waals surface area contributed by atoms with Crippen LogP contribution in [0.2, 0.25) is 0 Å². The van der Waals surface area contributed by atoms with Gasteiger partial charge in [-0.2, -0.15) is 0 Å². The highest BCUT2D eigenvalue weighted by molar-refractivity contribution is 6.07. The average molecular weight is 499 g/mol. The fourth-order valence-corrected chi connectivity index (χ4v) is 5.54. The molecule has 0 fully saturated rings. The van der Waals surface area contributed by atoms with Crippen molar-refractivity contribution in [2.45, 2.75) is 0 Å². The number of nitrogens with zero attached hydrogens (tertiary/aromatic N) is 2. The Balaban J connectivity index is 1.30. The van der Waals surface area contributed by atoms with Gasteiger partial charge in [0.05, 0.1) is 22.4 Å². The van der Waals surface area contributed by atoms with Crippen LogP contribution in [-0.4, -0.2) is 9.97 Å². The van der Waals surface area contributed by atoms with Gasteiger partial charge in [-0.05, 0) is 41.5 Å². The van der Waals surface area contributed by atoms with Crippen LogP contribution in [-0.2, 0) is 0 Å². The van der Waals surface area contributed by atoms with Crippen molar-refractivity contribution in [1.29, 1.82) is 0 Å². The summed E-state index contributed by atoms with van der Waals surface area (Å²) in [5.74, 6) is 0. The zero-order chi connectivity index (χ0) is 25.8. The molecule has 3 aromatic heterocycles. The maximum absolute atomic E-state index is 6.19. The number of hydrogen-bond donors (Lipinski definition) is 0. The third-order valence-corrected chi connectivity index (χ3v) is 7.48. The number of rotatable bonds is 3. The standard InChI is InChI=1S/C36H22N2O/c1-2-8-23(9-3-1)31-20-17-24-14-15-25-18-21-32(38-36(25)35(24)37-31)28-11-5-4-10-27(28)26-16-19-30-29-12-6-7-13-33(29)39-34(30)22-26/h1-22H. The second-order valence-corrected chi connectivity index (χ2v) is 9.82. The van der Waals surface area contributed by atoms with Crippen molar-refractivity contribution in [3.63, 3.8) is 0 Å². The summed E-state index contributed by atoms with van der Waals surface area (Å²) in [5.41, 5.74) is 9.87. The maximum atomic E-state index is 6.19. The van der Waals surface area contributed by atoms with Crippen molar-refractivity contribution in [2.75, 3.05) is 0 Å². The van der Waals surface area contributed by atoms with Crippen LogP contribution in [0.5, 0.6) is 0 Å². The molecule has 0 bridgehead atoms. The Morgan fingerprint density at radius 1 is 0.410 bits per heavy atom. The van der Waals surface area contributed by atoms with Gasteiger partial charge in [-0.25, -0.2) is 9.97 Å². The Labute approximate surface area is 225 Å². The lowest BCUT2D eigenvalue weighted by molar-refractivity contribution is 0.669. The average Bonchev–Trinajstić information content (AvgIpc) is 3.39. The number of hydrogen-bond acceptors (Lipinski definition) is 3. The van der Waals surface area contributed by atoms with Gasteiger partial charge in [-0.15, -0.1) is 0 Å². The van der Waals surface area contributed by atoms with Gasteiger partial charge in [0.15, 0.2) is 0 Å². The van der Waals surface area contributed by atoms with Crippen LogP contribution in [0.1, 0.15) is 0 Å². The number of para-hydroxylation sites is 1. The second-order valence-electron chi connectivity index (χ2n) is 9.82. The number of furan rings is 1. The zero-order valence-corrected chi connectivity index (χ0v) is 21.0. The van der Waals surface area contributed by atoms with E-state index in [0.717, 1.165) is 77.4 Å². The first-order valence-corrected chi connectivity index (χ1v) is 13.1. The zero-order valence-electron chi connectivity index (χ0n) is 21.0. The molecule has 3 nitrogen and oxygen atoms in total. The smallest absolute Gasteiger partial charge is 0.136 e. The molecule has 5 aromatic carbocycles. The highest BCUT2D eigenvalue weighted by Crippen LogP contribution is 2.37. The highest BCUT2D eigenvalue weighted by atomic mass is 16.3. The van der Waals surface area contributed by atoms with Crippen LogP contribution >= 0.6 is 0 Å². The van der Waals surface area contributed by atoms with E-state index in [1.165, 1.54) is 0 Å². The van der Waals surface area contributed by atoms with Crippen molar-refractivity contribution in [3.8, 4) is 33.6 Å². The van der Waals surface area contributed by atoms with Crippen LogP contribution in [0.4, 0.5) is 0 Å². The summed E-state index contributed by atoms with van der Waals surface area (Å²) in [5, 5.41) is 4.42. The summed E-state index contributed by atoms with van der Waals surface area (Å²) in [6.07, 6.45) is 0. The highest BCUT2D eigenvalue weighted by Gasteiger charge is 2.14. The number of pyridine rings is 2. The van der Waals surface area contributed by atoms with Crippen LogP contribution < -0.4 is 0 Å². The molecule has 0 amide bonds. The van der Waals surface area contributed by atoms with Crippen molar-refractivity contribution in [1.82, 2.24) is 9.97 Å². The summed E-state index contributed by atoms with van der Waals surface area (Å²) < 4.78 is 6.19. The number of benzene rings is 5. The Kier molecular flexibility index (Phi) is 4.82. The quantitative estimate of drug-likeness (QED) is 0.228. The van der Waals surface area contributed by atoms with Gasteiger partial charge in [-0.3, -0.25) is 0 Å². The van der Waals surface area contributed by atoms with Crippen LogP contribution in [0, 0.1) is 0 Å². The molecule has 3 heteroatoms. The lowest BCUT2D eigenvalue weighted by Crippen LogP contribution is -1.92. The molecule has 0 aliphatic rings. The maximum Gasteiger partial charge on any atom is 0.136 e. The van der Waals surface area contributed by atoms with Gasteiger partial charge >= 0.3 is 0 Å². The molecule has 0 unspecified atom stereocenters. The minimum absolute atomic E-state index is 0.888. The van der Waals surface area contributed by atoms with Crippen LogP contribution in [0.25, 0.3) is 77.4 Å². The Morgan fingerprint density at radius 3 is 1.85 bits per heavy atom. The van der Waals surface area contributed by atoms with Gasteiger partial charge in [0.2, 0.25) is 0 Å². The summed E-state index contributed by atoms with van der Waals surface area (Å²) in [6.45, 7) is 0.